The standard InChI is InChI=1S/C21H25.C9H13.C6H10.Zr/c1-20(2,3)16-9-7-14-11-15-8-10-17(21(4,5)6)13-19(15)18(14)12-16;1-9(2,3)8-6-4-5-7-8;1-2-4-6-5-3-1;/h7,9-10,12-13H,11H2,1-6H3;6-7H,4H2,1-3H3;1-5H2;. The molecule has 0 bridgehead atoms. The van der Waals surface area contributed by atoms with Crippen molar-refractivity contribution >= 4 is 6.48 Å². The van der Waals surface area contributed by atoms with Crippen molar-refractivity contribution in [3.63, 3.8) is 0 Å². The molecule has 3 aliphatic carbocycles. The summed E-state index contributed by atoms with van der Waals surface area (Å²) < 4.78 is 5.64. The Morgan fingerprint density at radius 1 is 0.676 bits per heavy atom. The molecule has 0 aromatic heterocycles. The van der Waals surface area contributed by atoms with Gasteiger partial charge in [-0.1, -0.05) is 0 Å². The maximum absolute atomic E-state index is 2.71. The molecule has 0 amide bonds. The van der Waals surface area contributed by atoms with E-state index in [0.717, 1.165) is 6.42 Å². The van der Waals surface area contributed by atoms with Gasteiger partial charge in [-0.15, -0.1) is 0 Å². The monoisotopic (exact) mass is 570 g/mol. The number of allylic oxidation sites excluding steroid dienone is 4. The molecular formula is C36H48Zr. The summed E-state index contributed by atoms with van der Waals surface area (Å²) in [6.45, 7) is 21.4. The Kier molecular flexibility index (Phi) is 7.14. The van der Waals surface area contributed by atoms with Crippen molar-refractivity contribution in [2.45, 2.75) is 118 Å². The molecule has 0 nitrogen and oxygen atoms in total. The molecule has 2 aromatic rings. The summed E-state index contributed by atoms with van der Waals surface area (Å²) in [6, 6.07) is 12.7. The van der Waals surface area contributed by atoms with Crippen molar-refractivity contribution in [2.75, 3.05) is 0 Å². The van der Waals surface area contributed by atoms with Gasteiger partial charge < -0.3 is 0 Å². The molecule has 1 fully saturated rings. The van der Waals surface area contributed by atoms with Crippen LogP contribution in [0.3, 0.4) is 0 Å². The third-order valence-electron chi connectivity index (χ3n) is 8.89. The second-order valence-electron chi connectivity index (χ2n) is 14.9. The summed E-state index contributed by atoms with van der Waals surface area (Å²) in [5.74, 6) is 0. The Hall–Kier alpha value is -1.33. The predicted molar refractivity (Wildman–Crippen MR) is 160 cm³/mol. The van der Waals surface area contributed by atoms with Crippen LogP contribution >= 0.6 is 0 Å². The van der Waals surface area contributed by atoms with E-state index in [1.165, 1.54) is 55.2 Å². The topological polar surface area (TPSA) is 0 Å². The van der Waals surface area contributed by atoms with E-state index in [4.69, 9.17) is 0 Å². The van der Waals surface area contributed by atoms with Gasteiger partial charge in [0.15, 0.2) is 0 Å². The molecule has 2 aromatic carbocycles. The van der Waals surface area contributed by atoms with Crippen LogP contribution in [0, 0.1) is 5.41 Å². The minimum atomic E-state index is -2.22. The molecule has 0 unspecified atom stereocenters. The number of hydrogen-bond donors (Lipinski definition) is 0. The summed E-state index contributed by atoms with van der Waals surface area (Å²) in [7, 11) is 0. The first-order valence-electron chi connectivity index (χ1n) is 14.7. The predicted octanol–water partition coefficient (Wildman–Crippen LogP) is 9.49. The number of benzene rings is 2. The molecule has 0 atom stereocenters. The first kappa shape index (κ1) is 27.2. The van der Waals surface area contributed by atoms with Crippen molar-refractivity contribution in [1.29, 1.82) is 0 Å². The van der Waals surface area contributed by atoms with Gasteiger partial charge in [0, 0.05) is 0 Å². The van der Waals surface area contributed by atoms with Gasteiger partial charge in [0.25, 0.3) is 0 Å². The average Bonchev–Trinajstić information content (AvgIpc) is 3.44. The van der Waals surface area contributed by atoms with Crippen molar-refractivity contribution in [3.8, 4) is 11.1 Å². The van der Waals surface area contributed by atoms with E-state index in [1.807, 2.05) is 9.76 Å². The van der Waals surface area contributed by atoms with Crippen LogP contribution in [0.15, 0.2) is 51.3 Å². The fourth-order valence-corrected chi connectivity index (χ4v) is 15.0. The average molecular weight is 572 g/mol. The van der Waals surface area contributed by atoms with Gasteiger partial charge in [0.05, 0.1) is 0 Å². The van der Waals surface area contributed by atoms with E-state index in [-0.39, 0.29) is 16.2 Å². The van der Waals surface area contributed by atoms with Crippen LogP contribution < -0.4 is 3.27 Å². The quantitative estimate of drug-likeness (QED) is 0.287. The van der Waals surface area contributed by atoms with Crippen molar-refractivity contribution in [3.05, 3.63) is 73.6 Å². The van der Waals surface area contributed by atoms with Crippen LogP contribution in [-0.4, -0.2) is 3.21 Å². The minimum absolute atomic E-state index is 0.151. The molecular weight excluding hydrogens is 524 g/mol. The number of fused-ring (bicyclic) bond motifs is 3. The fourth-order valence-electron chi connectivity index (χ4n) is 6.44. The first-order valence-corrected chi connectivity index (χ1v) is 18.4. The third kappa shape index (κ3) is 5.42. The van der Waals surface area contributed by atoms with Crippen LogP contribution in [0.1, 0.15) is 123 Å². The van der Waals surface area contributed by atoms with Gasteiger partial charge in [0.2, 0.25) is 0 Å². The maximum atomic E-state index is 2.71. The van der Waals surface area contributed by atoms with Crippen molar-refractivity contribution in [2.24, 2.45) is 5.41 Å². The Labute approximate surface area is 234 Å². The van der Waals surface area contributed by atoms with Crippen LogP contribution in [0.2, 0.25) is 0 Å². The van der Waals surface area contributed by atoms with Crippen molar-refractivity contribution in [1.82, 2.24) is 0 Å². The van der Waals surface area contributed by atoms with Crippen molar-refractivity contribution < 1.29 is 21.3 Å². The Morgan fingerprint density at radius 2 is 1.32 bits per heavy atom. The van der Waals surface area contributed by atoms with E-state index in [2.05, 4.69) is 105 Å². The van der Waals surface area contributed by atoms with E-state index >= 15 is 0 Å². The normalized spacial score (nSPS) is 17.9. The molecule has 0 N–H and O–H groups in total. The molecule has 1 saturated carbocycles. The van der Waals surface area contributed by atoms with E-state index in [1.54, 1.807) is 22.3 Å². The summed E-state index contributed by atoms with van der Waals surface area (Å²) in [4.78, 5) is 0. The van der Waals surface area contributed by atoms with Gasteiger partial charge >= 0.3 is 236 Å². The van der Waals surface area contributed by atoms with E-state index in [9.17, 15) is 0 Å². The van der Waals surface area contributed by atoms with E-state index in [0.29, 0.717) is 0 Å². The summed E-state index contributed by atoms with van der Waals surface area (Å²) in [5, 5.41) is 0. The zero-order chi connectivity index (χ0) is 26.8. The van der Waals surface area contributed by atoms with Crippen LogP contribution in [0.25, 0.3) is 11.1 Å². The molecule has 0 heterocycles. The molecule has 37 heavy (non-hydrogen) atoms. The molecule has 0 radical (unpaired) electrons. The second-order valence-corrected chi connectivity index (χ2v) is 21.4. The summed E-state index contributed by atoms with van der Waals surface area (Å²) in [6.07, 6.45) is 14.6. The fraction of sp³-hybridized carbons (Fsp3) is 0.528. The molecule has 196 valence electrons. The molecule has 3 aliphatic rings. The molecule has 1 heteroatoms. The van der Waals surface area contributed by atoms with Gasteiger partial charge in [-0.3, -0.25) is 0 Å². The molecule has 0 spiro atoms. The Morgan fingerprint density at radius 3 is 1.92 bits per heavy atom. The second kappa shape index (κ2) is 9.70. The molecule has 5 rings (SSSR count). The molecule has 0 saturated heterocycles. The molecule has 0 aliphatic heterocycles. The van der Waals surface area contributed by atoms with Crippen LogP contribution in [0.4, 0.5) is 0 Å². The first-order chi connectivity index (χ1) is 17.2. The van der Waals surface area contributed by atoms with E-state index < -0.39 is 21.3 Å². The number of hydrogen-bond acceptors (Lipinski definition) is 0. The SMILES string of the molecule is CC(C)(C)C1=CC[C]([Zr](=[C]2CCCCC2)[c]2cc(C(C)(C)C)cc3c2Cc2ccc(C(C)(C)C)cc2-3)=C1. The van der Waals surface area contributed by atoms with Gasteiger partial charge in [-0.25, -0.2) is 0 Å². The third-order valence-corrected chi connectivity index (χ3v) is 16.7. The zero-order valence-electron chi connectivity index (χ0n) is 25.0. The van der Waals surface area contributed by atoms with Crippen LogP contribution in [-0.2, 0) is 38.5 Å². The summed E-state index contributed by atoms with van der Waals surface area (Å²) >= 11 is -2.22. The van der Waals surface area contributed by atoms with Gasteiger partial charge in [-0.05, 0) is 0 Å². The Bertz CT molecular complexity index is 1310. The Balaban J connectivity index is 1.75. The van der Waals surface area contributed by atoms with Gasteiger partial charge in [0.1, 0.15) is 0 Å². The summed E-state index contributed by atoms with van der Waals surface area (Å²) in [5.41, 5.74) is 11.4. The van der Waals surface area contributed by atoms with Gasteiger partial charge in [-0.2, -0.15) is 0 Å². The zero-order valence-corrected chi connectivity index (χ0v) is 27.4. The van der Waals surface area contributed by atoms with Crippen LogP contribution in [0.5, 0.6) is 0 Å². The number of rotatable bonds is 2.